The number of nitro groups is 1. The van der Waals surface area contributed by atoms with Gasteiger partial charge in [0.2, 0.25) is 0 Å². The molecule has 0 fully saturated rings. The van der Waals surface area contributed by atoms with Crippen LogP contribution in [0.4, 0.5) is 5.69 Å². The molecule has 1 amide bonds. The molecule has 0 radical (unpaired) electrons. The number of nitro benzene ring substituents is 1. The highest BCUT2D eigenvalue weighted by molar-refractivity contribution is 5.95. The predicted molar refractivity (Wildman–Crippen MR) is 74.1 cm³/mol. The highest BCUT2D eigenvalue weighted by Gasteiger charge is 2.18. The first-order valence-corrected chi connectivity index (χ1v) is 6.15. The fourth-order valence-electron chi connectivity index (χ4n) is 1.83. The molecule has 2 aromatic rings. The van der Waals surface area contributed by atoms with E-state index in [1.807, 2.05) is 6.92 Å². The SMILES string of the molecule is COc1cc(C(=O)NC(C)c2cn[nH]c2)ccc1[N+](=O)[O-]. The quantitative estimate of drug-likeness (QED) is 0.644. The van der Waals surface area contributed by atoms with Gasteiger partial charge in [0, 0.05) is 29.5 Å². The lowest BCUT2D eigenvalue weighted by molar-refractivity contribution is -0.385. The molecule has 1 aromatic carbocycles. The van der Waals surface area contributed by atoms with Gasteiger partial charge in [-0.15, -0.1) is 0 Å². The molecular weight excluding hydrogens is 276 g/mol. The maximum Gasteiger partial charge on any atom is 0.310 e. The summed E-state index contributed by atoms with van der Waals surface area (Å²) in [5, 5.41) is 20.1. The van der Waals surface area contributed by atoms with Crippen molar-refractivity contribution in [2.24, 2.45) is 0 Å². The molecule has 8 heteroatoms. The summed E-state index contributed by atoms with van der Waals surface area (Å²) in [7, 11) is 1.32. The van der Waals surface area contributed by atoms with E-state index in [0.29, 0.717) is 0 Å². The average Bonchev–Trinajstić information content (AvgIpc) is 3.00. The maximum absolute atomic E-state index is 12.1. The lowest BCUT2D eigenvalue weighted by atomic mass is 10.1. The number of amides is 1. The lowest BCUT2D eigenvalue weighted by Crippen LogP contribution is -2.26. The van der Waals surface area contributed by atoms with Crippen LogP contribution in [0.1, 0.15) is 28.9 Å². The Bertz CT molecular complexity index is 654. The molecule has 8 nitrogen and oxygen atoms in total. The molecule has 0 saturated heterocycles. The van der Waals surface area contributed by atoms with Crippen LogP contribution in [0.2, 0.25) is 0 Å². The van der Waals surface area contributed by atoms with Gasteiger partial charge in [-0.1, -0.05) is 0 Å². The molecule has 21 heavy (non-hydrogen) atoms. The third kappa shape index (κ3) is 3.16. The van der Waals surface area contributed by atoms with Crippen LogP contribution in [0.25, 0.3) is 0 Å². The van der Waals surface area contributed by atoms with Crippen molar-refractivity contribution in [3.63, 3.8) is 0 Å². The molecule has 0 saturated carbocycles. The van der Waals surface area contributed by atoms with Gasteiger partial charge in [-0.05, 0) is 13.0 Å². The number of benzene rings is 1. The van der Waals surface area contributed by atoms with Crippen LogP contribution in [0, 0.1) is 10.1 Å². The van der Waals surface area contributed by atoms with Crippen LogP contribution in [-0.4, -0.2) is 28.1 Å². The summed E-state index contributed by atoms with van der Waals surface area (Å²) in [6.07, 6.45) is 3.29. The summed E-state index contributed by atoms with van der Waals surface area (Å²) in [4.78, 5) is 22.4. The number of H-pyrrole nitrogens is 1. The molecule has 0 aliphatic carbocycles. The number of methoxy groups -OCH3 is 1. The van der Waals surface area contributed by atoms with Gasteiger partial charge >= 0.3 is 5.69 Å². The first kappa shape index (κ1) is 14.5. The second-order valence-electron chi connectivity index (χ2n) is 4.37. The number of aromatic amines is 1. The zero-order valence-electron chi connectivity index (χ0n) is 11.5. The number of carbonyl (C=O) groups excluding carboxylic acids is 1. The van der Waals surface area contributed by atoms with Crippen molar-refractivity contribution in [2.45, 2.75) is 13.0 Å². The normalized spacial score (nSPS) is 11.7. The number of nitrogens with zero attached hydrogens (tertiary/aromatic N) is 2. The van der Waals surface area contributed by atoms with Crippen LogP contribution in [-0.2, 0) is 0 Å². The fourth-order valence-corrected chi connectivity index (χ4v) is 1.83. The minimum atomic E-state index is -0.561. The monoisotopic (exact) mass is 290 g/mol. The van der Waals surface area contributed by atoms with Gasteiger partial charge in [0.05, 0.1) is 24.3 Å². The van der Waals surface area contributed by atoms with Crippen molar-refractivity contribution in [2.75, 3.05) is 7.11 Å². The number of rotatable bonds is 5. The Morgan fingerprint density at radius 2 is 2.29 bits per heavy atom. The maximum atomic E-state index is 12.1. The molecule has 1 heterocycles. The second-order valence-corrected chi connectivity index (χ2v) is 4.37. The van der Waals surface area contributed by atoms with Crippen LogP contribution in [0.15, 0.2) is 30.6 Å². The Morgan fingerprint density at radius 3 is 2.86 bits per heavy atom. The number of hydrogen-bond donors (Lipinski definition) is 2. The molecule has 0 aliphatic rings. The van der Waals surface area contributed by atoms with Gasteiger partial charge in [0.15, 0.2) is 5.75 Å². The van der Waals surface area contributed by atoms with Crippen molar-refractivity contribution in [1.82, 2.24) is 15.5 Å². The molecule has 110 valence electrons. The topological polar surface area (TPSA) is 110 Å². The molecule has 0 bridgehead atoms. The minimum Gasteiger partial charge on any atom is -0.490 e. The lowest BCUT2D eigenvalue weighted by Gasteiger charge is -2.12. The predicted octanol–water partition coefficient (Wildman–Crippen LogP) is 1.82. The van der Waals surface area contributed by atoms with Gasteiger partial charge in [-0.3, -0.25) is 20.0 Å². The molecule has 1 unspecified atom stereocenters. The van der Waals surface area contributed by atoms with E-state index in [2.05, 4.69) is 15.5 Å². The van der Waals surface area contributed by atoms with Gasteiger partial charge in [0.25, 0.3) is 5.91 Å². The molecule has 0 spiro atoms. The van der Waals surface area contributed by atoms with Crippen molar-refractivity contribution >= 4 is 11.6 Å². The van der Waals surface area contributed by atoms with E-state index >= 15 is 0 Å². The Morgan fingerprint density at radius 1 is 1.52 bits per heavy atom. The van der Waals surface area contributed by atoms with Crippen LogP contribution < -0.4 is 10.1 Å². The van der Waals surface area contributed by atoms with Crippen molar-refractivity contribution < 1.29 is 14.5 Å². The third-order valence-electron chi connectivity index (χ3n) is 3.01. The first-order valence-electron chi connectivity index (χ1n) is 6.15. The van der Waals surface area contributed by atoms with Crippen LogP contribution in [0.3, 0.4) is 0 Å². The molecular formula is C13H14N4O4. The van der Waals surface area contributed by atoms with E-state index in [1.165, 1.54) is 25.3 Å². The number of ether oxygens (including phenoxy) is 1. The highest BCUT2D eigenvalue weighted by Crippen LogP contribution is 2.27. The van der Waals surface area contributed by atoms with Gasteiger partial charge < -0.3 is 10.1 Å². The van der Waals surface area contributed by atoms with Gasteiger partial charge in [0.1, 0.15) is 0 Å². The Balaban J connectivity index is 2.18. The van der Waals surface area contributed by atoms with Crippen LogP contribution >= 0.6 is 0 Å². The van der Waals surface area contributed by atoms with E-state index in [-0.39, 0.29) is 28.9 Å². The van der Waals surface area contributed by atoms with Crippen molar-refractivity contribution in [3.05, 3.63) is 51.8 Å². The summed E-state index contributed by atoms with van der Waals surface area (Å²) in [5.74, 6) is -0.305. The Kier molecular flexibility index (Phi) is 4.17. The number of aromatic nitrogens is 2. The third-order valence-corrected chi connectivity index (χ3v) is 3.01. The van der Waals surface area contributed by atoms with E-state index in [1.54, 1.807) is 12.4 Å². The van der Waals surface area contributed by atoms with Gasteiger partial charge in [-0.2, -0.15) is 5.10 Å². The summed E-state index contributed by atoms with van der Waals surface area (Å²) < 4.78 is 4.94. The first-order chi connectivity index (χ1) is 10.0. The van der Waals surface area contributed by atoms with E-state index in [4.69, 9.17) is 4.74 Å². The molecule has 0 aliphatic heterocycles. The summed E-state index contributed by atoms with van der Waals surface area (Å²) >= 11 is 0. The van der Waals surface area contributed by atoms with E-state index < -0.39 is 4.92 Å². The minimum absolute atomic E-state index is 0.0450. The summed E-state index contributed by atoms with van der Waals surface area (Å²) in [5.41, 5.74) is 0.932. The largest absolute Gasteiger partial charge is 0.490 e. The molecule has 1 atom stereocenters. The standard InChI is InChI=1S/C13H14N4O4/c1-8(10-6-14-15-7-10)16-13(18)9-3-4-11(17(19)20)12(5-9)21-2/h3-8H,1-2H3,(H,14,15)(H,16,18). The van der Waals surface area contributed by atoms with E-state index in [0.717, 1.165) is 5.56 Å². The smallest absolute Gasteiger partial charge is 0.310 e. The van der Waals surface area contributed by atoms with E-state index in [9.17, 15) is 14.9 Å². The number of carbonyl (C=O) groups is 1. The summed E-state index contributed by atoms with van der Waals surface area (Å²) in [6, 6.07) is 3.74. The molecule has 1 aromatic heterocycles. The average molecular weight is 290 g/mol. The molecule has 2 rings (SSSR count). The zero-order chi connectivity index (χ0) is 15.4. The number of hydrogen-bond acceptors (Lipinski definition) is 5. The zero-order valence-corrected chi connectivity index (χ0v) is 11.5. The Hall–Kier alpha value is -2.90. The van der Waals surface area contributed by atoms with Gasteiger partial charge in [-0.25, -0.2) is 0 Å². The molecule has 2 N–H and O–H groups in total. The highest BCUT2D eigenvalue weighted by atomic mass is 16.6. The summed E-state index contributed by atoms with van der Waals surface area (Å²) in [6.45, 7) is 1.81. The Labute approximate surface area is 120 Å². The fraction of sp³-hybridized carbons (Fsp3) is 0.231. The van der Waals surface area contributed by atoms with Crippen LogP contribution in [0.5, 0.6) is 5.75 Å². The van der Waals surface area contributed by atoms with Crippen molar-refractivity contribution in [1.29, 1.82) is 0 Å². The number of nitrogens with one attached hydrogen (secondary N) is 2. The van der Waals surface area contributed by atoms with Crippen molar-refractivity contribution in [3.8, 4) is 5.75 Å². The second kappa shape index (κ2) is 6.04.